The summed E-state index contributed by atoms with van der Waals surface area (Å²) in [4.78, 5) is 19.6. The van der Waals surface area contributed by atoms with Crippen LogP contribution in [-0.4, -0.2) is 85.5 Å². The molecule has 0 spiro atoms. The summed E-state index contributed by atoms with van der Waals surface area (Å²) in [6.07, 6.45) is 4.69. The van der Waals surface area contributed by atoms with E-state index in [1.165, 1.54) is 19.3 Å². The zero-order valence-electron chi connectivity index (χ0n) is 23.4. The Morgan fingerprint density at radius 1 is 0.925 bits per heavy atom. The second kappa shape index (κ2) is 10.4. The van der Waals surface area contributed by atoms with Crippen molar-refractivity contribution in [3.05, 3.63) is 42.5 Å². The van der Waals surface area contributed by atoms with Crippen LogP contribution in [-0.2, 0) is 0 Å². The molecule has 3 aliphatic rings. The number of rotatable bonds is 7. The summed E-state index contributed by atoms with van der Waals surface area (Å²) in [6.45, 7) is 3.45. The molecule has 7 rings (SSSR count). The van der Waals surface area contributed by atoms with Gasteiger partial charge < -0.3 is 29.3 Å². The van der Waals surface area contributed by atoms with Gasteiger partial charge in [-0.1, -0.05) is 24.3 Å². The lowest BCUT2D eigenvalue weighted by Gasteiger charge is -2.34. The van der Waals surface area contributed by atoms with Gasteiger partial charge in [-0.2, -0.15) is 9.97 Å². The average Bonchev–Trinajstić information content (AvgIpc) is 3.56. The number of nitrogens with one attached hydrogen (secondary N) is 1. The molecule has 9 nitrogen and oxygen atoms in total. The zero-order chi connectivity index (χ0) is 27.2. The Labute approximate surface area is 234 Å². The number of methoxy groups -OCH3 is 2. The lowest BCUT2D eigenvalue weighted by molar-refractivity contribution is 0.188. The van der Waals surface area contributed by atoms with Crippen LogP contribution in [0.2, 0.25) is 0 Å². The van der Waals surface area contributed by atoms with Crippen LogP contribution in [0.3, 0.4) is 0 Å². The van der Waals surface area contributed by atoms with Crippen LogP contribution >= 0.6 is 0 Å². The molecule has 3 fully saturated rings. The Balaban J connectivity index is 1.37. The summed E-state index contributed by atoms with van der Waals surface area (Å²) >= 11 is 0. The highest BCUT2D eigenvalue weighted by Crippen LogP contribution is 2.40. The molecule has 2 bridgehead atoms. The minimum absolute atomic E-state index is 0.380. The molecule has 40 heavy (non-hydrogen) atoms. The largest absolute Gasteiger partial charge is 0.497 e. The number of likely N-dealkylation sites (tertiary alicyclic amines) is 1. The molecule has 3 atom stereocenters. The van der Waals surface area contributed by atoms with E-state index >= 15 is 0 Å². The summed E-state index contributed by atoms with van der Waals surface area (Å²) in [6, 6.07) is 16.1. The number of pyridine rings is 1. The third-order valence-electron chi connectivity index (χ3n) is 8.74. The van der Waals surface area contributed by atoms with Gasteiger partial charge in [0, 0.05) is 36.8 Å². The highest BCUT2D eigenvalue weighted by atomic mass is 16.5. The summed E-state index contributed by atoms with van der Waals surface area (Å²) in [7, 11) is 5.52. The number of benzene rings is 2. The van der Waals surface area contributed by atoms with Gasteiger partial charge in [0.15, 0.2) is 5.82 Å². The van der Waals surface area contributed by atoms with E-state index in [-0.39, 0.29) is 0 Å². The van der Waals surface area contributed by atoms with Gasteiger partial charge in [0.25, 0.3) is 0 Å². The lowest BCUT2D eigenvalue weighted by atomic mass is 9.98. The van der Waals surface area contributed by atoms with E-state index in [4.69, 9.17) is 29.2 Å². The second-order valence-corrected chi connectivity index (χ2v) is 11.3. The zero-order valence-corrected chi connectivity index (χ0v) is 23.4. The molecular weight excluding hydrogens is 504 g/mol. The van der Waals surface area contributed by atoms with Gasteiger partial charge in [-0.3, -0.25) is 0 Å². The summed E-state index contributed by atoms with van der Waals surface area (Å²) in [5.41, 5.74) is 3.32. The first-order valence-electron chi connectivity index (χ1n) is 14.3. The molecule has 0 aliphatic carbocycles. The van der Waals surface area contributed by atoms with E-state index in [2.05, 4.69) is 40.4 Å². The number of fused-ring (bicyclic) bond motifs is 4. The predicted molar refractivity (Wildman–Crippen MR) is 157 cm³/mol. The Kier molecular flexibility index (Phi) is 6.56. The predicted octanol–water partition coefficient (Wildman–Crippen LogP) is 4.28. The van der Waals surface area contributed by atoms with Crippen LogP contribution in [0.1, 0.15) is 25.7 Å². The van der Waals surface area contributed by atoms with Crippen LogP contribution in [0.15, 0.2) is 42.5 Å². The van der Waals surface area contributed by atoms with Crippen molar-refractivity contribution in [2.45, 2.75) is 43.8 Å². The van der Waals surface area contributed by atoms with E-state index in [1.807, 2.05) is 24.3 Å². The summed E-state index contributed by atoms with van der Waals surface area (Å²) in [5, 5.41) is 5.90. The molecule has 5 heterocycles. The van der Waals surface area contributed by atoms with Gasteiger partial charge in [0.1, 0.15) is 17.9 Å². The second-order valence-electron chi connectivity index (χ2n) is 11.3. The first kappa shape index (κ1) is 25.3. The molecule has 9 heteroatoms. The summed E-state index contributed by atoms with van der Waals surface area (Å²) in [5.74, 6) is 2.13. The van der Waals surface area contributed by atoms with Crippen LogP contribution in [0, 0.1) is 0 Å². The van der Waals surface area contributed by atoms with Crippen LogP contribution in [0.4, 0.5) is 5.82 Å². The third-order valence-corrected chi connectivity index (χ3v) is 8.74. The average molecular weight is 541 g/mol. The molecule has 3 saturated heterocycles. The molecular formula is C31H36N6O3. The maximum absolute atomic E-state index is 6.29. The maximum atomic E-state index is 6.29. The topological polar surface area (TPSA) is 84.9 Å². The Bertz CT molecular complexity index is 1550. The maximum Gasteiger partial charge on any atom is 0.319 e. The van der Waals surface area contributed by atoms with Crippen LogP contribution < -0.4 is 24.4 Å². The molecule has 2 aromatic carbocycles. The highest BCUT2D eigenvalue weighted by Gasteiger charge is 2.34. The lowest BCUT2D eigenvalue weighted by Crippen LogP contribution is -2.51. The number of ether oxygens (including phenoxy) is 3. The fraction of sp³-hybridized carbons (Fsp3) is 0.452. The molecule has 3 aliphatic heterocycles. The van der Waals surface area contributed by atoms with Crippen LogP contribution in [0.25, 0.3) is 32.9 Å². The number of aromatic nitrogens is 3. The fourth-order valence-corrected chi connectivity index (χ4v) is 6.60. The number of hydrogen-bond donors (Lipinski definition) is 1. The van der Waals surface area contributed by atoms with E-state index in [1.54, 1.807) is 14.2 Å². The number of likely N-dealkylation sites (N-methyl/N-ethyl adjacent to an activating group) is 1. The highest BCUT2D eigenvalue weighted by molar-refractivity contribution is 6.01. The number of anilines is 1. The minimum Gasteiger partial charge on any atom is -0.497 e. The van der Waals surface area contributed by atoms with Crippen molar-refractivity contribution in [3.63, 3.8) is 0 Å². The molecule has 0 saturated carbocycles. The van der Waals surface area contributed by atoms with Crippen molar-refractivity contribution < 1.29 is 14.2 Å². The van der Waals surface area contributed by atoms with Gasteiger partial charge in [-0.05, 0) is 73.8 Å². The molecule has 4 aromatic rings. The minimum atomic E-state index is 0.380. The Morgan fingerprint density at radius 3 is 2.50 bits per heavy atom. The summed E-state index contributed by atoms with van der Waals surface area (Å²) < 4.78 is 17.9. The smallest absolute Gasteiger partial charge is 0.319 e. The van der Waals surface area contributed by atoms with E-state index in [0.29, 0.717) is 36.6 Å². The third kappa shape index (κ3) is 4.57. The fourth-order valence-electron chi connectivity index (χ4n) is 6.60. The quantitative estimate of drug-likeness (QED) is 0.369. The van der Waals surface area contributed by atoms with Gasteiger partial charge >= 0.3 is 6.01 Å². The molecule has 1 N–H and O–H groups in total. The van der Waals surface area contributed by atoms with Gasteiger partial charge in [0.05, 0.1) is 19.7 Å². The van der Waals surface area contributed by atoms with Gasteiger partial charge in [0.2, 0.25) is 5.88 Å². The van der Waals surface area contributed by atoms with Crippen LogP contribution in [0.5, 0.6) is 17.6 Å². The number of hydrogen-bond acceptors (Lipinski definition) is 9. The molecule has 0 radical (unpaired) electrons. The van der Waals surface area contributed by atoms with Crippen molar-refractivity contribution in [2.75, 3.05) is 52.4 Å². The first-order valence-corrected chi connectivity index (χ1v) is 14.3. The van der Waals surface area contributed by atoms with Crippen molar-refractivity contribution in [1.29, 1.82) is 0 Å². The molecule has 2 aromatic heterocycles. The Hall–Kier alpha value is -3.69. The van der Waals surface area contributed by atoms with Crippen molar-refractivity contribution in [3.8, 4) is 28.8 Å². The van der Waals surface area contributed by atoms with Crippen molar-refractivity contribution in [1.82, 2.24) is 25.2 Å². The SMILES string of the molecule is COc1cc(-c2cc3nc(OC[C@@H]4CCCN4C)nc(N4CC5CCC(C4)N5)c3nc2OC)c2ccccc2c1. The van der Waals surface area contributed by atoms with E-state index in [0.717, 1.165) is 70.6 Å². The van der Waals surface area contributed by atoms with E-state index in [9.17, 15) is 0 Å². The Morgan fingerprint density at radius 2 is 1.75 bits per heavy atom. The monoisotopic (exact) mass is 540 g/mol. The number of nitrogens with zero attached hydrogens (tertiary/aromatic N) is 5. The van der Waals surface area contributed by atoms with E-state index < -0.39 is 0 Å². The first-order chi connectivity index (χ1) is 19.6. The van der Waals surface area contributed by atoms with Gasteiger partial charge in [-0.15, -0.1) is 0 Å². The number of piperazine rings is 1. The molecule has 0 amide bonds. The van der Waals surface area contributed by atoms with Crippen molar-refractivity contribution >= 4 is 27.6 Å². The van der Waals surface area contributed by atoms with Gasteiger partial charge in [-0.25, -0.2) is 4.98 Å². The molecule has 2 unspecified atom stereocenters. The van der Waals surface area contributed by atoms with Crippen molar-refractivity contribution in [2.24, 2.45) is 0 Å². The standard InChI is InChI=1S/C31H36N6O3/c1-36-12-6-8-22(36)18-40-31-33-27-15-26(25-14-23(38-2)13-19-7-4-5-9-24(19)25)30(39-3)34-28(27)29(35-31)37-16-20-10-11-21(17-37)32-20/h4-5,7,9,13-15,20-22,32H,6,8,10-12,16-18H2,1-3H3/t20?,21?,22-/m0/s1. The normalized spacial score (nSPS) is 22.8. The molecule has 208 valence electrons.